The van der Waals surface area contributed by atoms with E-state index < -0.39 is 5.54 Å². The molecule has 0 radical (unpaired) electrons. The summed E-state index contributed by atoms with van der Waals surface area (Å²) in [6.07, 6.45) is 3.79. The molecule has 0 aromatic carbocycles. The smallest absolute Gasteiger partial charge is 0.262 e. The Morgan fingerprint density at radius 3 is 2.76 bits per heavy atom. The zero-order valence-electron chi connectivity index (χ0n) is 11.8. The van der Waals surface area contributed by atoms with Gasteiger partial charge in [0.1, 0.15) is 0 Å². The van der Waals surface area contributed by atoms with Crippen LogP contribution in [0.2, 0.25) is 0 Å². The van der Waals surface area contributed by atoms with Crippen LogP contribution in [0.1, 0.15) is 42.3 Å². The first-order valence-corrected chi connectivity index (χ1v) is 9.20. The molecule has 1 saturated carbocycles. The number of thiocarbonyl (C=S) groups is 1. The van der Waals surface area contributed by atoms with Gasteiger partial charge in [0, 0.05) is 9.40 Å². The first kappa shape index (κ1) is 14.9. The predicted molar refractivity (Wildman–Crippen MR) is 94.3 cm³/mol. The lowest BCUT2D eigenvalue weighted by Gasteiger charge is -2.39. The molecule has 21 heavy (non-hydrogen) atoms. The monoisotopic (exact) mass is 338 g/mol. The van der Waals surface area contributed by atoms with Crippen LogP contribution in [0.25, 0.3) is 9.40 Å². The Morgan fingerprint density at radius 2 is 2.14 bits per heavy atom. The summed E-state index contributed by atoms with van der Waals surface area (Å²) >= 11 is 8.43. The molecule has 1 aliphatic carbocycles. The molecule has 0 saturated heterocycles. The van der Waals surface area contributed by atoms with E-state index in [1.165, 1.54) is 11.3 Å². The van der Waals surface area contributed by atoms with Crippen molar-refractivity contribution in [3.63, 3.8) is 0 Å². The van der Waals surface area contributed by atoms with Gasteiger partial charge in [-0.25, -0.2) is 0 Å². The van der Waals surface area contributed by atoms with Crippen molar-refractivity contribution in [3.05, 3.63) is 22.4 Å². The highest BCUT2D eigenvalue weighted by Gasteiger charge is 2.38. The average Bonchev–Trinajstić information content (AvgIpc) is 3.02. The van der Waals surface area contributed by atoms with E-state index in [0.29, 0.717) is 10.9 Å². The lowest BCUT2D eigenvalue weighted by atomic mass is 9.77. The molecule has 0 spiro atoms. The number of hydrogen-bond acceptors (Lipinski definition) is 4. The van der Waals surface area contributed by atoms with Gasteiger partial charge in [-0.1, -0.05) is 19.1 Å². The van der Waals surface area contributed by atoms with Crippen LogP contribution in [0, 0.1) is 5.92 Å². The topological polar surface area (TPSA) is 55.1 Å². The number of nitrogens with two attached hydrogens (primary N) is 1. The van der Waals surface area contributed by atoms with Gasteiger partial charge < -0.3 is 11.1 Å². The second-order valence-corrected chi connectivity index (χ2v) is 8.31. The Balaban J connectivity index is 1.81. The maximum atomic E-state index is 12.6. The van der Waals surface area contributed by atoms with Crippen molar-refractivity contribution in [3.8, 4) is 0 Å². The summed E-state index contributed by atoms with van der Waals surface area (Å²) in [7, 11) is 0. The third-order valence-corrected chi connectivity index (χ3v) is 6.80. The predicted octanol–water partition coefficient (Wildman–Crippen LogP) is 3.93. The van der Waals surface area contributed by atoms with Gasteiger partial charge in [0.2, 0.25) is 0 Å². The van der Waals surface area contributed by atoms with Crippen LogP contribution in [0.3, 0.4) is 0 Å². The molecule has 6 heteroatoms. The van der Waals surface area contributed by atoms with Crippen LogP contribution in [0.4, 0.5) is 0 Å². The van der Waals surface area contributed by atoms with Gasteiger partial charge >= 0.3 is 0 Å². The standard InChI is InChI=1S/C15H18N2OS3/c1-9-2-5-15(6-3-9,14(16)19)17-13(18)12-8-11-10(21-12)4-7-20-11/h4,7-9H,2-3,5-6H2,1H3,(H2,16,19)(H,17,18). The molecule has 3 N–H and O–H groups in total. The van der Waals surface area contributed by atoms with E-state index in [0.717, 1.165) is 40.0 Å². The third-order valence-electron chi connectivity index (χ3n) is 4.32. The summed E-state index contributed by atoms with van der Waals surface area (Å²) in [6, 6.07) is 4.01. The molecule has 112 valence electrons. The molecule has 1 fully saturated rings. The van der Waals surface area contributed by atoms with E-state index in [2.05, 4.69) is 12.2 Å². The Morgan fingerprint density at radius 1 is 1.43 bits per heavy atom. The van der Waals surface area contributed by atoms with Gasteiger partial charge in [-0.2, -0.15) is 0 Å². The Bertz CT molecular complexity index is 651. The fraction of sp³-hybridized carbons (Fsp3) is 0.467. The normalized spacial score (nSPS) is 25.9. The van der Waals surface area contributed by atoms with E-state index in [1.54, 1.807) is 11.3 Å². The molecule has 0 aliphatic heterocycles. The SMILES string of the molecule is CC1CCC(NC(=O)c2cc3sccc3s2)(C(N)=S)CC1. The summed E-state index contributed by atoms with van der Waals surface area (Å²) in [5.74, 6) is 0.627. The van der Waals surface area contributed by atoms with Crippen LogP contribution >= 0.6 is 34.9 Å². The van der Waals surface area contributed by atoms with Gasteiger partial charge in [-0.3, -0.25) is 4.79 Å². The van der Waals surface area contributed by atoms with Gasteiger partial charge in [0.25, 0.3) is 5.91 Å². The third kappa shape index (κ3) is 2.84. The summed E-state index contributed by atoms with van der Waals surface area (Å²) in [5.41, 5.74) is 5.45. The van der Waals surface area contributed by atoms with Gasteiger partial charge in [0.05, 0.1) is 15.4 Å². The molecule has 3 nitrogen and oxygen atoms in total. The average molecular weight is 339 g/mol. The molecular weight excluding hydrogens is 320 g/mol. The second-order valence-electron chi connectivity index (χ2n) is 5.84. The van der Waals surface area contributed by atoms with Crippen molar-refractivity contribution in [2.75, 3.05) is 0 Å². The fourth-order valence-corrected chi connectivity index (χ4v) is 5.10. The van der Waals surface area contributed by atoms with Crippen LogP contribution in [0.5, 0.6) is 0 Å². The van der Waals surface area contributed by atoms with Gasteiger partial charge in [0.15, 0.2) is 0 Å². The molecule has 2 heterocycles. The Hall–Kier alpha value is -0.980. The fourth-order valence-electron chi connectivity index (χ4n) is 2.84. The summed E-state index contributed by atoms with van der Waals surface area (Å²) in [5, 5.41) is 5.17. The highest BCUT2D eigenvalue weighted by Crippen LogP contribution is 2.34. The molecule has 0 unspecified atom stereocenters. The van der Waals surface area contributed by atoms with Crippen molar-refractivity contribution in [2.24, 2.45) is 11.7 Å². The molecule has 1 aliphatic rings. The lowest BCUT2D eigenvalue weighted by molar-refractivity contribution is 0.0905. The van der Waals surface area contributed by atoms with Crippen molar-refractivity contribution >= 4 is 55.2 Å². The van der Waals surface area contributed by atoms with Crippen molar-refractivity contribution in [2.45, 2.75) is 38.1 Å². The molecule has 0 bridgehead atoms. The first-order valence-electron chi connectivity index (χ1n) is 7.10. The molecule has 2 aromatic rings. The minimum Gasteiger partial charge on any atom is -0.391 e. The lowest BCUT2D eigenvalue weighted by Crippen LogP contribution is -2.58. The first-order chi connectivity index (χ1) is 10.00. The van der Waals surface area contributed by atoms with Crippen molar-refractivity contribution in [1.29, 1.82) is 0 Å². The molecule has 3 rings (SSSR count). The Kier molecular flexibility index (Phi) is 4.03. The van der Waals surface area contributed by atoms with E-state index >= 15 is 0 Å². The van der Waals surface area contributed by atoms with Crippen LogP contribution in [0.15, 0.2) is 17.5 Å². The number of carbonyl (C=O) groups is 1. The van der Waals surface area contributed by atoms with Crippen molar-refractivity contribution in [1.82, 2.24) is 5.32 Å². The minimum atomic E-state index is -0.504. The molecule has 0 atom stereocenters. The quantitative estimate of drug-likeness (QED) is 0.834. The summed E-state index contributed by atoms with van der Waals surface area (Å²) in [6.45, 7) is 2.23. The van der Waals surface area contributed by atoms with Crippen LogP contribution < -0.4 is 11.1 Å². The number of nitrogens with one attached hydrogen (secondary N) is 1. The summed E-state index contributed by atoms with van der Waals surface area (Å²) in [4.78, 5) is 13.7. The van der Waals surface area contributed by atoms with E-state index in [-0.39, 0.29) is 5.91 Å². The highest BCUT2D eigenvalue weighted by atomic mass is 32.1. The minimum absolute atomic E-state index is 0.0502. The number of rotatable bonds is 3. The zero-order valence-corrected chi connectivity index (χ0v) is 14.3. The Labute approximate surface area is 137 Å². The number of hydrogen-bond donors (Lipinski definition) is 2. The van der Waals surface area contributed by atoms with E-state index in [9.17, 15) is 4.79 Å². The van der Waals surface area contributed by atoms with Gasteiger partial charge in [-0.15, -0.1) is 22.7 Å². The molecule has 1 amide bonds. The molecular formula is C15H18N2OS3. The van der Waals surface area contributed by atoms with E-state index in [4.69, 9.17) is 18.0 Å². The van der Waals surface area contributed by atoms with Crippen molar-refractivity contribution < 1.29 is 4.79 Å². The van der Waals surface area contributed by atoms with Crippen LogP contribution in [-0.2, 0) is 0 Å². The number of thiophene rings is 2. The number of amides is 1. The zero-order chi connectivity index (χ0) is 15.0. The van der Waals surface area contributed by atoms with Crippen LogP contribution in [-0.4, -0.2) is 16.4 Å². The molecule has 2 aromatic heterocycles. The number of fused-ring (bicyclic) bond motifs is 1. The second kappa shape index (κ2) is 5.66. The maximum Gasteiger partial charge on any atom is 0.262 e. The maximum absolute atomic E-state index is 12.6. The summed E-state index contributed by atoms with van der Waals surface area (Å²) < 4.78 is 2.32. The van der Waals surface area contributed by atoms with E-state index in [1.807, 2.05) is 17.5 Å². The van der Waals surface area contributed by atoms with Gasteiger partial charge in [-0.05, 0) is 49.1 Å². The highest BCUT2D eigenvalue weighted by molar-refractivity contribution is 7.80. The number of carbonyl (C=O) groups excluding carboxylic acids is 1. The largest absolute Gasteiger partial charge is 0.391 e.